The fourth-order valence-corrected chi connectivity index (χ4v) is 3.82. The number of aromatic nitrogens is 1. The molecule has 0 atom stereocenters. The van der Waals surface area contributed by atoms with Crippen molar-refractivity contribution in [3.63, 3.8) is 0 Å². The molecule has 0 saturated heterocycles. The van der Waals surface area contributed by atoms with Gasteiger partial charge in [-0.2, -0.15) is 0 Å². The predicted molar refractivity (Wildman–Crippen MR) is 103 cm³/mol. The van der Waals surface area contributed by atoms with Crippen LogP contribution in [0.15, 0.2) is 47.5 Å². The van der Waals surface area contributed by atoms with Gasteiger partial charge in [-0.3, -0.25) is 0 Å². The number of esters is 1. The van der Waals surface area contributed by atoms with E-state index < -0.39 is 0 Å². The number of ether oxygens (including phenoxy) is 1. The van der Waals surface area contributed by atoms with E-state index in [4.69, 9.17) is 9.72 Å². The van der Waals surface area contributed by atoms with Gasteiger partial charge < -0.3 is 4.74 Å². The van der Waals surface area contributed by atoms with Gasteiger partial charge in [-0.1, -0.05) is 23.8 Å². The number of aryl methyl sites for hydroxylation is 3. The fraction of sp³-hybridized carbons (Fsp3) is 0.238. The minimum absolute atomic E-state index is 0.309. The summed E-state index contributed by atoms with van der Waals surface area (Å²) in [5, 5.41) is 2.25. The van der Waals surface area contributed by atoms with Gasteiger partial charge in [-0.15, -0.1) is 11.8 Å². The lowest BCUT2D eigenvalue weighted by atomic mass is 10.0. The molecular weight excluding hydrogens is 330 g/mol. The average Bonchev–Trinajstić information content (AvgIpc) is 2.60. The number of benzene rings is 2. The Hall–Kier alpha value is -2.33. The van der Waals surface area contributed by atoms with Crippen molar-refractivity contribution in [2.45, 2.75) is 31.6 Å². The number of fused-ring (bicyclic) bond motifs is 1. The Balaban J connectivity index is 1.80. The van der Waals surface area contributed by atoms with Crippen molar-refractivity contribution in [2.75, 3.05) is 7.11 Å². The Morgan fingerprint density at radius 3 is 2.44 bits per heavy atom. The summed E-state index contributed by atoms with van der Waals surface area (Å²) >= 11 is 1.71. The fourth-order valence-electron chi connectivity index (χ4n) is 2.90. The summed E-state index contributed by atoms with van der Waals surface area (Å²) in [5.41, 5.74) is 6.53. The summed E-state index contributed by atoms with van der Waals surface area (Å²) in [5.74, 6) is 0.501. The summed E-state index contributed by atoms with van der Waals surface area (Å²) in [6.45, 7) is 6.37. The van der Waals surface area contributed by atoms with Gasteiger partial charge >= 0.3 is 5.97 Å². The average molecular weight is 351 g/mol. The first-order valence-corrected chi connectivity index (χ1v) is 9.15. The lowest BCUT2D eigenvalue weighted by Gasteiger charge is -2.10. The standard InChI is InChI=1S/C21H21NO2S/c1-13-9-15(3)20-18(10-13)14(2)11-19(22-20)25-12-16-5-7-17(8-6-16)21(23)24-4/h5-11H,12H2,1-4H3. The number of nitrogens with zero attached hydrogens (tertiary/aromatic N) is 1. The van der Waals surface area contributed by atoms with Crippen LogP contribution in [-0.4, -0.2) is 18.1 Å². The molecule has 0 aliphatic carbocycles. The number of rotatable bonds is 4. The highest BCUT2D eigenvalue weighted by Crippen LogP contribution is 2.28. The van der Waals surface area contributed by atoms with Crippen molar-refractivity contribution in [3.05, 3.63) is 70.3 Å². The van der Waals surface area contributed by atoms with Gasteiger partial charge in [0.1, 0.15) is 0 Å². The van der Waals surface area contributed by atoms with Gasteiger partial charge in [-0.05, 0) is 61.7 Å². The van der Waals surface area contributed by atoms with Crippen LogP contribution in [0.3, 0.4) is 0 Å². The lowest BCUT2D eigenvalue weighted by molar-refractivity contribution is 0.0600. The van der Waals surface area contributed by atoms with Crippen molar-refractivity contribution < 1.29 is 9.53 Å². The molecule has 0 radical (unpaired) electrons. The summed E-state index contributed by atoms with van der Waals surface area (Å²) in [4.78, 5) is 16.3. The van der Waals surface area contributed by atoms with Crippen LogP contribution in [-0.2, 0) is 10.5 Å². The molecule has 0 saturated carbocycles. The first-order valence-electron chi connectivity index (χ1n) is 8.16. The summed E-state index contributed by atoms with van der Waals surface area (Å²) in [7, 11) is 1.39. The molecule has 4 heteroatoms. The van der Waals surface area contributed by atoms with E-state index in [1.165, 1.54) is 29.2 Å². The molecule has 0 fully saturated rings. The van der Waals surface area contributed by atoms with Crippen LogP contribution in [0.5, 0.6) is 0 Å². The topological polar surface area (TPSA) is 39.2 Å². The highest BCUT2D eigenvalue weighted by Gasteiger charge is 2.08. The number of pyridine rings is 1. The zero-order chi connectivity index (χ0) is 18.0. The summed E-state index contributed by atoms with van der Waals surface area (Å²) < 4.78 is 4.72. The number of methoxy groups -OCH3 is 1. The third kappa shape index (κ3) is 3.85. The van der Waals surface area contributed by atoms with E-state index in [0.717, 1.165) is 21.9 Å². The number of thioether (sulfide) groups is 1. The maximum Gasteiger partial charge on any atom is 0.337 e. The molecule has 3 nitrogen and oxygen atoms in total. The van der Waals surface area contributed by atoms with E-state index in [1.807, 2.05) is 12.1 Å². The minimum Gasteiger partial charge on any atom is -0.465 e. The molecule has 0 aliphatic rings. The van der Waals surface area contributed by atoms with E-state index in [9.17, 15) is 4.79 Å². The second-order valence-corrected chi connectivity index (χ2v) is 7.23. The van der Waals surface area contributed by atoms with Crippen LogP contribution < -0.4 is 0 Å². The predicted octanol–water partition coefficient (Wildman–Crippen LogP) is 5.24. The van der Waals surface area contributed by atoms with Crippen LogP contribution in [0.4, 0.5) is 0 Å². The Kier molecular flexibility index (Phi) is 5.09. The van der Waals surface area contributed by atoms with E-state index in [1.54, 1.807) is 23.9 Å². The van der Waals surface area contributed by atoms with Gasteiger partial charge in [0.25, 0.3) is 0 Å². The number of hydrogen-bond acceptors (Lipinski definition) is 4. The third-order valence-electron chi connectivity index (χ3n) is 4.19. The molecule has 1 heterocycles. The van der Waals surface area contributed by atoms with Gasteiger partial charge in [0, 0.05) is 11.1 Å². The first-order chi connectivity index (χ1) is 12.0. The van der Waals surface area contributed by atoms with E-state index in [-0.39, 0.29) is 5.97 Å². The van der Waals surface area contributed by atoms with Crippen molar-refractivity contribution >= 4 is 28.6 Å². The molecule has 3 aromatic rings. The molecule has 0 N–H and O–H groups in total. The molecule has 0 aliphatic heterocycles. The Morgan fingerprint density at radius 2 is 1.76 bits per heavy atom. The largest absolute Gasteiger partial charge is 0.465 e. The molecule has 25 heavy (non-hydrogen) atoms. The Bertz CT molecular complexity index is 933. The number of carbonyl (C=O) groups is 1. The molecule has 0 spiro atoms. The smallest absolute Gasteiger partial charge is 0.337 e. The lowest BCUT2D eigenvalue weighted by Crippen LogP contribution is -2.00. The van der Waals surface area contributed by atoms with Crippen molar-refractivity contribution in [1.82, 2.24) is 4.98 Å². The van der Waals surface area contributed by atoms with Crippen molar-refractivity contribution in [3.8, 4) is 0 Å². The summed E-state index contributed by atoms with van der Waals surface area (Å²) in [6.07, 6.45) is 0. The van der Waals surface area contributed by atoms with Crippen molar-refractivity contribution in [2.24, 2.45) is 0 Å². The molecular formula is C21H21NO2S. The van der Waals surface area contributed by atoms with Crippen LogP contribution in [0, 0.1) is 20.8 Å². The molecule has 128 valence electrons. The van der Waals surface area contributed by atoms with Gasteiger partial charge in [0.05, 0.1) is 23.2 Å². The van der Waals surface area contributed by atoms with Gasteiger partial charge in [-0.25, -0.2) is 9.78 Å². The van der Waals surface area contributed by atoms with Gasteiger partial charge in [0.15, 0.2) is 0 Å². The summed E-state index contributed by atoms with van der Waals surface area (Å²) in [6, 6.07) is 14.0. The highest BCUT2D eigenvalue weighted by atomic mass is 32.2. The maximum absolute atomic E-state index is 11.5. The second kappa shape index (κ2) is 7.28. The quantitative estimate of drug-likeness (QED) is 0.476. The highest BCUT2D eigenvalue weighted by molar-refractivity contribution is 7.98. The van der Waals surface area contributed by atoms with Gasteiger partial charge in [0.2, 0.25) is 0 Å². The number of carbonyl (C=O) groups excluding carboxylic acids is 1. The monoisotopic (exact) mass is 351 g/mol. The molecule has 0 bridgehead atoms. The Labute approximate surface area is 152 Å². The second-order valence-electron chi connectivity index (χ2n) is 6.23. The van der Waals surface area contributed by atoms with Crippen LogP contribution in [0.25, 0.3) is 10.9 Å². The van der Waals surface area contributed by atoms with E-state index in [2.05, 4.69) is 39.0 Å². The zero-order valence-corrected chi connectivity index (χ0v) is 15.7. The van der Waals surface area contributed by atoms with Crippen LogP contribution in [0.1, 0.15) is 32.6 Å². The third-order valence-corrected chi connectivity index (χ3v) is 5.18. The molecule has 0 amide bonds. The normalized spacial score (nSPS) is 10.9. The van der Waals surface area contributed by atoms with Crippen LogP contribution in [0.2, 0.25) is 0 Å². The molecule has 2 aromatic carbocycles. The first kappa shape index (κ1) is 17.5. The Morgan fingerprint density at radius 1 is 1.04 bits per heavy atom. The zero-order valence-electron chi connectivity index (χ0n) is 14.9. The SMILES string of the molecule is COC(=O)c1ccc(CSc2cc(C)c3cc(C)cc(C)c3n2)cc1. The maximum atomic E-state index is 11.5. The van der Waals surface area contributed by atoms with E-state index >= 15 is 0 Å². The minimum atomic E-state index is -0.309. The molecule has 0 unspecified atom stereocenters. The van der Waals surface area contributed by atoms with Crippen molar-refractivity contribution in [1.29, 1.82) is 0 Å². The van der Waals surface area contributed by atoms with Crippen LogP contribution >= 0.6 is 11.8 Å². The molecule has 1 aromatic heterocycles. The molecule has 3 rings (SSSR count). The number of hydrogen-bond donors (Lipinski definition) is 0. The van der Waals surface area contributed by atoms with E-state index in [0.29, 0.717) is 5.56 Å².